The van der Waals surface area contributed by atoms with Crippen LogP contribution < -0.4 is 9.62 Å². The first-order valence-corrected chi connectivity index (χ1v) is 15.6. The predicted octanol–water partition coefficient (Wildman–Crippen LogP) is 5.48. The molecule has 0 saturated heterocycles. The molecule has 7 nitrogen and oxygen atoms in total. The molecule has 0 unspecified atom stereocenters. The summed E-state index contributed by atoms with van der Waals surface area (Å²) in [5, 5.41) is 3.77. The lowest BCUT2D eigenvalue weighted by atomic mass is 10.0. The Bertz CT molecular complexity index is 1430. The van der Waals surface area contributed by atoms with Gasteiger partial charge in [0.25, 0.3) is 0 Å². The first-order chi connectivity index (χ1) is 18.9. The largest absolute Gasteiger partial charge is 0.354 e. The highest BCUT2D eigenvalue weighted by Gasteiger charge is 2.33. The van der Waals surface area contributed by atoms with Crippen LogP contribution in [0, 0.1) is 12.8 Å². The minimum Gasteiger partial charge on any atom is -0.354 e. The second-order valence-corrected chi connectivity index (χ2v) is 12.8. The number of halogens is 2. The van der Waals surface area contributed by atoms with Crippen molar-refractivity contribution in [2.75, 3.05) is 23.7 Å². The number of amides is 2. The lowest BCUT2D eigenvalue weighted by molar-refractivity contribution is -0.140. The van der Waals surface area contributed by atoms with Crippen molar-refractivity contribution in [3.8, 4) is 0 Å². The van der Waals surface area contributed by atoms with Crippen LogP contribution in [0.25, 0.3) is 0 Å². The van der Waals surface area contributed by atoms with E-state index >= 15 is 0 Å². The van der Waals surface area contributed by atoms with Crippen LogP contribution in [0.5, 0.6) is 0 Å². The molecule has 0 spiro atoms. The zero-order chi connectivity index (χ0) is 29.4. The van der Waals surface area contributed by atoms with Crippen LogP contribution >= 0.6 is 23.2 Å². The fraction of sp³-hybridized carbons (Fsp3) is 0.333. The van der Waals surface area contributed by atoms with E-state index in [9.17, 15) is 18.0 Å². The molecule has 3 aromatic rings. The van der Waals surface area contributed by atoms with Crippen LogP contribution in [0.4, 0.5) is 5.69 Å². The summed E-state index contributed by atoms with van der Waals surface area (Å²) in [6.07, 6.45) is 1.27. The minimum absolute atomic E-state index is 0.0111. The fourth-order valence-corrected chi connectivity index (χ4v) is 5.51. The fourth-order valence-electron chi connectivity index (χ4n) is 4.25. The third-order valence-electron chi connectivity index (χ3n) is 6.44. The molecule has 1 atom stereocenters. The van der Waals surface area contributed by atoms with Crippen molar-refractivity contribution in [1.82, 2.24) is 10.2 Å². The average molecular weight is 605 g/mol. The highest BCUT2D eigenvalue weighted by molar-refractivity contribution is 7.92. The van der Waals surface area contributed by atoms with E-state index in [1.54, 1.807) is 49.4 Å². The molecule has 0 saturated carbocycles. The summed E-state index contributed by atoms with van der Waals surface area (Å²) in [4.78, 5) is 29.2. The monoisotopic (exact) mass is 603 g/mol. The molecular formula is C30H35Cl2N3O4S. The average Bonchev–Trinajstić information content (AvgIpc) is 2.90. The van der Waals surface area contributed by atoms with Crippen LogP contribution in [0.15, 0.2) is 72.8 Å². The molecule has 3 aromatic carbocycles. The molecule has 3 rings (SSSR count). The van der Waals surface area contributed by atoms with Gasteiger partial charge in [0, 0.05) is 29.6 Å². The Kier molecular flexibility index (Phi) is 11.0. The molecule has 0 fully saturated rings. The molecule has 1 N–H and O–H groups in total. The minimum atomic E-state index is -3.89. The summed E-state index contributed by atoms with van der Waals surface area (Å²) in [5.41, 5.74) is 2.31. The van der Waals surface area contributed by atoms with Gasteiger partial charge in [-0.3, -0.25) is 13.9 Å². The number of anilines is 1. The number of nitrogens with one attached hydrogen (secondary N) is 1. The molecule has 0 aliphatic carbocycles. The van der Waals surface area contributed by atoms with Gasteiger partial charge in [-0.2, -0.15) is 0 Å². The van der Waals surface area contributed by atoms with Crippen LogP contribution in [0.2, 0.25) is 10.0 Å². The van der Waals surface area contributed by atoms with Gasteiger partial charge < -0.3 is 10.2 Å². The second-order valence-electron chi connectivity index (χ2n) is 10.1. The van der Waals surface area contributed by atoms with Crippen molar-refractivity contribution in [1.29, 1.82) is 0 Å². The van der Waals surface area contributed by atoms with Gasteiger partial charge in [-0.05, 0) is 47.7 Å². The second kappa shape index (κ2) is 14.0. The van der Waals surface area contributed by atoms with Gasteiger partial charge in [-0.15, -0.1) is 0 Å². The molecule has 214 valence electrons. The normalized spacial score (nSPS) is 12.2. The molecule has 0 aliphatic rings. The highest BCUT2D eigenvalue weighted by atomic mass is 35.5. The van der Waals surface area contributed by atoms with E-state index < -0.39 is 28.5 Å². The van der Waals surface area contributed by atoms with E-state index in [1.807, 2.05) is 44.2 Å². The first kappa shape index (κ1) is 31.5. The quantitative estimate of drug-likeness (QED) is 0.297. The first-order valence-electron chi connectivity index (χ1n) is 13.0. The summed E-state index contributed by atoms with van der Waals surface area (Å²) < 4.78 is 26.9. The van der Waals surface area contributed by atoms with Crippen molar-refractivity contribution < 1.29 is 18.0 Å². The van der Waals surface area contributed by atoms with Crippen molar-refractivity contribution in [2.24, 2.45) is 5.92 Å². The maximum atomic E-state index is 14.1. The Hall–Kier alpha value is -3.07. The van der Waals surface area contributed by atoms with E-state index in [1.165, 1.54) is 4.90 Å². The SMILES string of the molecule is Cc1c(Cl)cccc1N(CC(=O)N(Cc1ccccc1Cl)[C@@H](Cc1ccccc1)C(=O)NCC(C)C)S(C)(=O)=O. The molecular weight excluding hydrogens is 569 g/mol. The molecule has 0 heterocycles. The van der Waals surface area contributed by atoms with Crippen molar-refractivity contribution >= 4 is 50.7 Å². The molecule has 10 heteroatoms. The number of sulfonamides is 1. The van der Waals surface area contributed by atoms with Crippen LogP contribution in [0.1, 0.15) is 30.5 Å². The maximum Gasteiger partial charge on any atom is 0.244 e. The van der Waals surface area contributed by atoms with Gasteiger partial charge in [0.15, 0.2) is 0 Å². The molecule has 2 amide bonds. The van der Waals surface area contributed by atoms with Crippen molar-refractivity contribution in [3.63, 3.8) is 0 Å². The van der Waals surface area contributed by atoms with E-state index in [4.69, 9.17) is 23.2 Å². The summed E-state index contributed by atoms with van der Waals surface area (Å²) in [6, 6.07) is 20.4. The number of carbonyl (C=O) groups excluding carboxylic acids is 2. The van der Waals surface area contributed by atoms with Gasteiger partial charge in [-0.1, -0.05) is 91.6 Å². The number of rotatable bonds is 12. The topological polar surface area (TPSA) is 86.8 Å². The maximum absolute atomic E-state index is 14.1. The van der Waals surface area contributed by atoms with E-state index in [0.29, 0.717) is 33.4 Å². The molecule has 0 aromatic heterocycles. The third-order valence-corrected chi connectivity index (χ3v) is 8.35. The summed E-state index contributed by atoms with van der Waals surface area (Å²) in [5.74, 6) is -0.686. The van der Waals surface area contributed by atoms with Crippen molar-refractivity contribution in [3.05, 3.63) is 99.5 Å². The Morgan fingerprint density at radius 2 is 1.52 bits per heavy atom. The Morgan fingerprint density at radius 1 is 0.900 bits per heavy atom. The number of hydrogen-bond acceptors (Lipinski definition) is 4. The zero-order valence-electron chi connectivity index (χ0n) is 23.1. The summed E-state index contributed by atoms with van der Waals surface area (Å²) in [7, 11) is -3.89. The number of benzene rings is 3. The molecule has 0 aliphatic heterocycles. The third kappa shape index (κ3) is 8.46. The van der Waals surface area contributed by atoms with Gasteiger partial charge in [0.1, 0.15) is 12.6 Å². The van der Waals surface area contributed by atoms with Gasteiger partial charge >= 0.3 is 0 Å². The number of hydrogen-bond donors (Lipinski definition) is 1. The highest BCUT2D eigenvalue weighted by Crippen LogP contribution is 2.29. The summed E-state index contributed by atoms with van der Waals surface area (Å²) in [6.45, 7) is 5.58. The van der Waals surface area contributed by atoms with Crippen LogP contribution in [0.3, 0.4) is 0 Å². The Labute approximate surface area is 247 Å². The molecule has 0 radical (unpaired) electrons. The van der Waals surface area contributed by atoms with Gasteiger partial charge in [0.05, 0.1) is 11.9 Å². The number of carbonyl (C=O) groups is 2. The Morgan fingerprint density at radius 3 is 2.15 bits per heavy atom. The lowest BCUT2D eigenvalue weighted by Gasteiger charge is -2.34. The van der Waals surface area contributed by atoms with Crippen LogP contribution in [-0.4, -0.2) is 50.5 Å². The Balaban J connectivity index is 2.08. The summed E-state index contributed by atoms with van der Waals surface area (Å²) >= 11 is 12.8. The van der Waals surface area contributed by atoms with E-state index in [0.717, 1.165) is 16.1 Å². The van der Waals surface area contributed by atoms with E-state index in [2.05, 4.69) is 5.32 Å². The smallest absolute Gasteiger partial charge is 0.244 e. The zero-order valence-corrected chi connectivity index (χ0v) is 25.4. The van der Waals surface area contributed by atoms with E-state index in [-0.39, 0.29) is 24.8 Å². The van der Waals surface area contributed by atoms with Gasteiger partial charge in [0.2, 0.25) is 21.8 Å². The number of nitrogens with zero attached hydrogens (tertiary/aromatic N) is 2. The molecule has 40 heavy (non-hydrogen) atoms. The molecule has 0 bridgehead atoms. The standard InChI is InChI=1S/C30H35Cl2N3O4S/c1-21(2)18-33-30(37)28(17-23-11-6-5-7-12-23)34(19-24-13-8-9-14-26(24)32)29(36)20-35(40(4,38)39)27-16-10-15-25(31)22(27)3/h5-16,21,28H,17-20H2,1-4H3,(H,33,37)/t28-/m0/s1. The van der Waals surface area contributed by atoms with Crippen molar-refractivity contribution in [2.45, 2.75) is 39.8 Å². The van der Waals surface area contributed by atoms with Gasteiger partial charge in [-0.25, -0.2) is 8.42 Å². The predicted molar refractivity (Wildman–Crippen MR) is 162 cm³/mol. The lowest BCUT2D eigenvalue weighted by Crippen LogP contribution is -2.53. The van der Waals surface area contributed by atoms with Crippen LogP contribution in [-0.2, 0) is 32.6 Å².